The van der Waals surface area contributed by atoms with Crippen LogP contribution in [-0.4, -0.2) is 16.2 Å². The molecule has 0 saturated heterocycles. The molecule has 1 heterocycles. The number of unbranched alkanes of at least 4 members (excludes halogenated alkanes) is 1. The molecule has 160 valence electrons. The first kappa shape index (κ1) is 21.3. The maximum atomic E-state index is 5.98. The lowest BCUT2D eigenvalue weighted by atomic mass is 10.1. The summed E-state index contributed by atoms with van der Waals surface area (Å²) in [6, 6.07) is 21.9. The summed E-state index contributed by atoms with van der Waals surface area (Å²) in [5.41, 5.74) is 4.56. The summed E-state index contributed by atoms with van der Waals surface area (Å²) in [6.07, 6.45) is 1.97. The van der Waals surface area contributed by atoms with E-state index < -0.39 is 0 Å². The summed E-state index contributed by atoms with van der Waals surface area (Å²) in [5.74, 6) is 2.67. The fourth-order valence-electron chi connectivity index (χ4n) is 3.68. The number of imidazole rings is 1. The van der Waals surface area contributed by atoms with Crippen molar-refractivity contribution in [3.05, 3.63) is 88.7 Å². The van der Waals surface area contributed by atoms with Gasteiger partial charge in [0.1, 0.15) is 23.9 Å². The van der Waals surface area contributed by atoms with Crippen LogP contribution in [0.4, 0.5) is 0 Å². The van der Waals surface area contributed by atoms with Gasteiger partial charge in [-0.25, -0.2) is 4.98 Å². The maximum Gasteiger partial charge on any atom is 0.147 e. The van der Waals surface area contributed by atoms with Gasteiger partial charge in [-0.05, 0) is 74.7 Å². The zero-order chi connectivity index (χ0) is 21.6. The molecule has 5 heteroatoms. The van der Waals surface area contributed by atoms with Crippen molar-refractivity contribution in [2.24, 2.45) is 0 Å². The van der Waals surface area contributed by atoms with E-state index in [0.29, 0.717) is 18.2 Å². The van der Waals surface area contributed by atoms with Gasteiger partial charge in [0.15, 0.2) is 0 Å². The van der Waals surface area contributed by atoms with E-state index in [0.717, 1.165) is 47.7 Å². The molecule has 0 aliphatic rings. The van der Waals surface area contributed by atoms with E-state index in [1.54, 1.807) is 0 Å². The number of ether oxygens (including phenoxy) is 2. The molecule has 0 saturated carbocycles. The molecule has 0 atom stereocenters. The van der Waals surface area contributed by atoms with Crippen molar-refractivity contribution in [3.63, 3.8) is 0 Å². The Hall–Kier alpha value is -2.98. The first-order chi connectivity index (χ1) is 15.1. The molecule has 0 fully saturated rings. The number of hydrogen-bond donors (Lipinski definition) is 0. The fraction of sp³-hybridized carbons (Fsp3) is 0.269. The van der Waals surface area contributed by atoms with E-state index in [1.165, 1.54) is 11.1 Å². The molecule has 1 aromatic heterocycles. The monoisotopic (exact) mass is 434 g/mol. The molecule has 0 unspecified atom stereocenters. The second kappa shape index (κ2) is 9.88. The summed E-state index contributed by atoms with van der Waals surface area (Å²) in [5, 5.41) is 0.697. The molecule has 4 rings (SSSR count). The molecule has 0 bridgehead atoms. The molecular formula is C26H27ClN2O2. The van der Waals surface area contributed by atoms with Gasteiger partial charge in [0.25, 0.3) is 0 Å². The lowest BCUT2D eigenvalue weighted by Gasteiger charge is -2.12. The zero-order valence-corrected chi connectivity index (χ0v) is 18.7. The Balaban J connectivity index is 1.37. The fourth-order valence-corrected chi connectivity index (χ4v) is 3.81. The van der Waals surface area contributed by atoms with Crippen LogP contribution in [0.25, 0.3) is 11.0 Å². The topological polar surface area (TPSA) is 36.3 Å². The van der Waals surface area contributed by atoms with E-state index in [4.69, 9.17) is 26.1 Å². The molecule has 4 nitrogen and oxygen atoms in total. The quantitative estimate of drug-likeness (QED) is 0.273. The van der Waals surface area contributed by atoms with E-state index in [1.807, 2.05) is 42.5 Å². The van der Waals surface area contributed by atoms with Gasteiger partial charge in [0.2, 0.25) is 0 Å². The highest BCUT2D eigenvalue weighted by Gasteiger charge is 2.11. The molecule has 0 aliphatic carbocycles. The van der Waals surface area contributed by atoms with Crippen molar-refractivity contribution in [2.45, 2.75) is 39.8 Å². The first-order valence-corrected chi connectivity index (χ1v) is 11.0. The van der Waals surface area contributed by atoms with Crippen LogP contribution in [-0.2, 0) is 13.2 Å². The third-order valence-corrected chi connectivity index (χ3v) is 5.53. The number of rotatable bonds is 9. The van der Waals surface area contributed by atoms with Gasteiger partial charge in [-0.2, -0.15) is 0 Å². The van der Waals surface area contributed by atoms with Crippen molar-refractivity contribution < 1.29 is 9.47 Å². The van der Waals surface area contributed by atoms with Crippen LogP contribution in [0.15, 0.2) is 66.7 Å². The van der Waals surface area contributed by atoms with Gasteiger partial charge in [0, 0.05) is 11.6 Å². The standard InChI is InChI=1S/C26H27ClN2O2/c1-19-9-14-25(20(2)17-19)30-16-6-5-15-29-24-8-4-3-7-23(24)28-26(29)18-31-22-12-10-21(27)11-13-22/h3-4,7-14,17H,5-6,15-16,18H2,1-2H3. The molecule has 0 spiro atoms. The summed E-state index contributed by atoms with van der Waals surface area (Å²) in [6.45, 7) is 6.17. The van der Waals surface area contributed by atoms with Crippen molar-refractivity contribution in [3.8, 4) is 11.5 Å². The third kappa shape index (κ3) is 5.39. The summed E-state index contributed by atoms with van der Waals surface area (Å²) < 4.78 is 14.2. The van der Waals surface area contributed by atoms with E-state index >= 15 is 0 Å². The lowest BCUT2D eigenvalue weighted by Crippen LogP contribution is -2.09. The van der Waals surface area contributed by atoms with Crippen LogP contribution in [0.3, 0.4) is 0 Å². The average Bonchev–Trinajstić information content (AvgIpc) is 3.12. The average molecular weight is 435 g/mol. The van der Waals surface area contributed by atoms with Gasteiger partial charge in [0.05, 0.1) is 17.6 Å². The predicted octanol–water partition coefficient (Wildman–Crippen LogP) is 6.74. The highest BCUT2D eigenvalue weighted by atomic mass is 35.5. The Morgan fingerprint density at radius 3 is 2.52 bits per heavy atom. The highest BCUT2D eigenvalue weighted by molar-refractivity contribution is 6.30. The number of aryl methyl sites for hydroxylation is 3. The van der Waals surface area contributed by atoms with Crippen LogP contribution in [0.1, 0.15) is 29.8 Å². The summed E-state index contributed by atoms with van der Waals surface area (Å²) >= 11 is 5.96. The largest absolute Gasteiger partial charge is 0.493 e. The van der Waals surface area contributed by atoms with Crippen LogP contribution in [0.5, 0.6) is 11.5 Å². The number of hydrogen-bond acceptors (Lipinski definition) is 3. The van der Waals surface area contributed by atoms with E-state index in [2.05, 4.69) is 42.7 Å². The van der Waals surface area contributed by atoms with Gasteiger partial charge < -0.3 is 14.0 Å². The zero-order valence-electron chi connectivity index (χ0n) is 18.0. The van der Waals surface area contributed by atoms with Gasteiger partial charge in [-0.1, -0.05) is 41.4 Å². The van der Waals surface area contributed by atoms with Crippen molar-refractivity contribution >= 4 is 22.6 Å². The summed E-state index contributed by atoms with van der Waals surface area (Å²) in [4.78, 5) is 4.79. The van der Waals surface area contributed by atoms with Gasteiger partial charge in [-0.15, -0.1) is 0 Å². The molecule has 4 aromatic rings. The number of halogens is 1. The highest BCUT2D eigenvalue weighted by Crippen LogP contribution is 2.21. The molecule has 0 radical (unpaired) electrons. The van der Waals surface area contributed by atoms with Gasteiger partial charge >= 0.3 is 0 Å². The SMILES string of the molecule is Cc1ccc(OCCCCn2c(COc3ccc(Cl)cc3)nc3ccccc32)c(C)c1. The number of nitrogens with zero attached hydrogens (tertiary/aromatic N) is 2. The number of aromatic nitrogens is 2. The minimum atomic E-state index is 0.412. The van der Waals surface area contributed by atoms with Gasteiger partial charge in [-0.3, -0.25) is 0 Å². The van der Waals surface area contributed by atoms with Crippen LogP contribution >= 0.6 is 11.6 Å². The first-order valence-electron chi connectivity index (χ1n) is 10.6. The van der Waals surface area contributed by atoms with Crippen LogP contribution < -0.4 is 9.47 Å². The number of para-hydroxylation sites is 2. The molecule has 3 aromatic carbocycles. The van der Waals surface area contributed by atoms with Crippen molar-refractivity contribution in [1.82, 2.24) is 9.55 Å². The maximum absolute atomic E-state index is 5.98. The molecule has 0 aliphatic heterocycles. The Morgan fingerprint density at radius 2 is 1.71 bits per heavy atom. The molecule has 0 N–H and O–H groups in total. The van der Waals surface area contributed by atoms with E-state index in [-0.39, 0.29) is 0 Å². The Bertz CT molecular complexity index is 1150. The third-order valence-electron chi connectivity index (χ3n) is 5.28. The van der Waals surface area contributed by atoms with E-state index in [9.17, 15) is 0 Å². The van der Waals surface area contributed by atoms with Crippen LogP contribution in [0.2, 0.25) is 5.02 Å². The van der Waals surface area contributed by atoms with Crippen LogP contribution in [0, 0.1) is 13.8 Å². The molecule has 31 heavy (non-hydrogen) atoms. The Morgan fingerprint density at radius 1 is 0.903 bits per heavy atom. The minimum Gasteiger partial charge on any atom is -0.493 e. The summed E-state index contributed by atoms with van der Waals surface area (Å²) in [7, 11) is 0. The number of benzene rings is 3. The normalized spacial score (nSPS) is 11.1. The smallest absolute Gasteiger partial charge is 0.147 e. The second-order valence-electron chi connectivity index (χ2n) is 7.74. The van der Waals surface area contributed by atoms with Crippen molar-refractivity contribution in [2.75, 3.05) is 6.61 Å². The van der Waals surface area contributed by atoms with Crippen molar-refractivity contribution in [1.29, 1.82) is 0 Å². The lowest BCUT2D eigenvalue weighted by molar-refractivity contribution is 0.284. The predicted molar refractivity (Wildman–Crippen MR) is 126 cm³/mol. The Labute approximate surface area is 188 Å². The minimum absolute atomic E-state index is 0.412. The number of fused-ring (bicyclic) bond motifs is 1. The molecular weight excluding hydrogens is 408 g/mol. The second-order valence-corrected chi connectivity index (χ2v) is 8.17. The Kier molecular flexibility index (Phi) is 6.78. The molecule has 0 amide bonds.